The smallest absolute Gasteiger partial charge is 0.248 e. The molecule has 0 radical (unpaired) electrons. The molecule has 2 aromatic heterocycles. The van der Waals surface area contributed by atoms with Gasteiger partial charge in [0.05, 0.1) is 5.69 Å². The van der Waals surface area contributed by atoms with Crippen molar-refractivity contribution < 1.29 is 0 Å². The molecule has 0 aliphatic rings. The lowest BCUT2D eigenvalue weighted by Crippen LogP contribution is -2.03. The molecular weight excluding hydrogens is 186 g/mol. The third-order valence-corrected chi connectivity index (χ3v) is 2.40. The molecule has 0 bridgehead atoms. The minimum absolute atomic E-state index is 0.120. The molecule has 4 nitrogen and oxygen atoms in total. The van der Waals surface area contributed by atoms with Gasteiger partial charge in [-0.15, -0.1) is 10.2 Å². The number of hydrogen-bond donors (Lipinski definition) is 1. The van der Waals surface area contributed by atoms with Crippen LogP contribution in [0.1, 0.15) is 5.01 Å². The van der Waals surface area contributed by atoms with E-state index in [-0.39, 0.29) is 5.56 Å². The van der Waals surface area contributed by atoms with Crippen LogP contribution in [0.2, 0.25) is 0 Å². The van der Waals surface area contributed by atoms with Crippen LogP contribution in [-0.4, -0.2) is 15.2 Å². The lowest BCUT2D eigenvalue weighted by Gasteiger charge is -1.91. The Morgan fingerprint density at radius 2 is 2.23 bits per heavy atom. The Kier molecular flexibility index (Phi) is 1.94. The highest BCUT2D eigenvalue weighted by atomic mass is 32.1. The quantitative estimate of drug-likeness (QED) is 0.740. The summed E-state index contributed by atoms with van der Waals surface area (Å²) in [6.45, 7) is 1.88. The second-order valence-electron chi connectivity index (χ2n) is 2.55. The second kappa shape index (κ2) is 3.10. The topological polar surface area (TPSA) is 58.6 Å². The van der Waals surface area contributed by atoms with Crippen molar-refractivity contribution in [2.24, 2.45) is 0 Å². The summed E-state index contributed by atoms with van der Waals surface area (Å²) in [4.78, 5) is 13.7. The summed E-state index contributed by atoms with van der Waals surface area (Å²) < 4.78 is 0. The number of rotatable bonds is 1. The van der Waals surface area contributed by atoms with E-state index in [1.165, 1.54) is 17.4 Å². The Balaban J connectivity index is 2.52. The van der Waals surface area contributed by atoms with Gasteiger partial charge in [-0.3, -0.25) is 4.79 Å². The zero-order valence-corrected chi connectivity index (χ0v) is 7.76. The molecule has 0 aromatic carbocycles. The average Bonchev–Trinajstić information content (AvgIpc) is 2.52. The van der Waals surface area contributed by atoms with Crippen LogP contribution in [0.25, 0.3) is 10.7 Å². The van der Waals surface area contributed by atoms with Gasteiger partial charge in [0.1, 0.15) is 5.01 Å². The van der Waals surface area contributed by atoms with Gasteiger partial charge in [-0.25, -0.2) is 0 Å². The minimum atomic E-state index is -0.120. The predicted octanol–water partition coefficient (Wildman–Crippen LogP) is 1.20. The first-order valence-electron chi connectivity index (χ1n) is 3.75. The first-order valence-corrected chi connectivity index (χ1v) is 4.57. The third-order valence-electron chi connectivity index (χ3n) is 1.52. The van der Waals surface area contributed by atoms with E-state index in [9.17, 15) is 4.79 Å². The Bertz CT molecular complexity index is 474. The maximum Gasteiger partial charge on any atom is 0.248 e. The van der Waals surface area contributed by atoms with Crippen LogP contribution in [0.3, 0.4) is 0 Å². The summed E-state index contributed by atoms with van der Waals surface area (Å²) in [6.07, 6.45) is 0. The number of pyridine rings is 1. The van der Waals surface area contributed by atoms with Crippen LogP contribution in [-0.2, 0) is 0 Å². The van der Waals surface area contributed by atoms with Crippen molar-refractivity contribution in [2.75, 3.05) is 0 Å². The molecule has 0 aliphatic carbocycles. The van der Waals surface area contributed by atoms with E-state index >= 15 is 0 Å². The van der Waals surface area contributed by atoms with Crippen molar-refractivity contribution >= 4 is 11.3 Å². The van der Waals surface area contributed by atoms with Gasteiger partial charge in [-0.2, -0.15) is 0 Å². The van der Waals surface area contributed by atoms with Crippen LogP contribution >= 0.6 is 11.3 Å². The lowest BCUT2D eigenvalue weighted by molar-refractivity contribution is 1.04. The molecule has 2 aromatic rings. The van der Waals surface area contributed by atoms with E-state index in [4.69, 9.17) is 0 Å². The van der Waals surface area contributed by atoms with Crippen molar-refractivity contribution in [3.05, 3.63) is 33.6 Å². The summed E-state index contributed by atoms with van der Waals surface area (Å²) in [5.41, 5.74) is 0.600. The number of nitrogens with one attached hydrogen (secondary N) is 1. The Hall–Kier alpha value is -1.49. The molecule has 2 rings (SSSR count). The summed E-state index contributed by atoms with van der Waals surface area (Å²) in [5, 5.41) is 9.43. The second-order valence-corrected chi connectivity index (χ2v) is 3.74. The Morgan fingerprint density at radius 1 is 1.38 bits per heavy atom. The predicted molar refractivity (Wildman–Crippen MR) is 50.7 cm³/mol. The van der Waals surface area contributed by atoms with E-state index in [0.29, 0.717) is 0 Å². The monoisotopic (exact) mass is 193 g/mol. The highest BCUT2D eigenvalue weighted by molar-refractivity contribution is 7.14. The minimum Gasteiger partial charge on any atom is -0.320 e. The number of nitrogens with zero attached hydrogens (tertiary/aromatic N) is 2. The SMILES string of the molecule is Cc1nnc(-c2cccc(=O)[nH]2)s1. The highest BCUT2D eigenvalue weighted by Crippen LogP contribution is 2.19. The van der Waals surface area contributed by atoms with Gasteiger partial charge in [-0.05, 0) is 13.0 Å². The normalized spacial score (nSPS) is 10.2. The number of hydrogen-bond acceptors (Lipinski definition) is 4. The van der Waals surface area contributed by atoms with Gasteiger partial charge in [0.25, 0.3) is 0 Å². The first-order chi connectivity index (χ1) is 6.25. The van der Waals surface area contributed by atoms with E-state index < -0.39 is 0 Å². The van der Waals surface area contributed by atoms with Crippen molar-refractivity contribution in [3.8, 4) is 10.7 Å². The molecule has 66 valence electrons. The number of H-pyrrole nitrogens is 1. The average molecular weight is 193 g/mol. The fraction of sp³-hybridized carbons (Fsp3) is 0.125. The first kappa shape index (κ1) is 8.12. The zero-order valence-electron chi connectivity index (χ0n) is 6.94. The highest BCUT2D eigenvalue weighted by Gasteiger charge is 2.03. The summed E-state index contributed by atoms with van der Waals surface area (Å²) in [7, 11) is 0. The van der Waals surface area contributed by atoms with Crippen LogP contribution in [0.15, 0.2) is 23.0 Å². The van der Waals surface area contributed by atoms with E-state index in [0.717, 1.165) is 15.7 Å². The van der Waals surface area contributed by atoms with Gasteiger partial charge in [0, 0.05) is 6.07 Å². The molecule has 0 unspecified atom stereocenters. The van der Waals surface area contributed by atoms with Gasteiger partial charge in [0.2, 0.25) is 5.56 Å². The maximum absolute atomic E-state index is 11.0. The third kappa shape index (κ3) is 1.65. The molecule has 0 saturated carbocycles. The standard InChI is InChI=1S/C8H7N3OS/c1-5-10-11-8(13-5)6-3-2-4-7(12)9-6/h2-4H,1H3,(H,9,12). The molecule has 1 N–H and O–H groups in total. The summed E-state index contributed by atoms with van der Waals surface area (Å²) in [6, 6.07) is 4.98. The molecule has 0 amide bonds. The lowest BCUT2D eigenvalue weighted by atomic mass is 10.4. The largest absolute Gasteiger partial charge is 0.320 e. The van der Waals surface area contributed by atoms with E-state index in [1.54, 1.807) is 12.1 Å². The molecular formula is C8H7N3OS. The maximum atomic E-state index is 11.0. The number of aryl methyl sites for hydroxylation is 1. The van der Waals surface area contributed by atoms with Crippen molar-refractivity contribution in [1.82, 2.24) is 15.2 Å². The molecule has 5 heteroatoms. The van der Waals surface area contributed by atoms with Crippen molar-refractivity contribution in [2.45, 2.75) is 6.92 Å². The Morgan fingerprint density at radius 3 is 2.85 bits per heavy atom. The van der Waals surface area contributed by atoms with Gasteiger partial charge >= 0.3 is 0 Å². The number of aromatic amines is 1. The Labute approximate surface area is 78.3 Å². The fourth-order valence-corrected chi connectivity index (χ4v) is 1.65. The van der Waals surface area contributed by atoms with Gasteiger partial charge in [-0.1, -0.05) is 17.4 Å². The van der Waals surface area contributed by atoms with Crippen LogP contribution < -0.4 is 5.56 Å². The van der Waals surface area contributed by atoms with Gasteiger partial charge in [0.15, 0.2) is 5.01 Å². The molecule has 0 saturated heterocycles. The van der Waals surface area contributed by atoms with E-state index in [2.05, 4.69) is 15.2 Å². The van der Waals surface area contributed by atoms with Crippen molar-refractivity contribution in [1.29, 1.82) is 0 Å². The molecule has 2 heterocycles. The van der Waals surface area contributed by atoms with Crippen LogP contribution in [0, 0.1) is 6.92 Å². The number of aromatic nitrogens is 3. The zero-order chi connectivity index (χ0) is 9.26. The van der Waals surface area contributed by atoms with Gasteiger partial charge < -0.3 is 4.98 Å². The molecule has 0 fully saturated rings. The molecule has 0 spiro atoms. The molecule has 13 heavy (non-hydrogen) atoms. The summed E-state index contributed by atoms with van der Waals surface area (Å²) >= 11 is 1.46. The fourth-order valence-electron chi connectivity index (χ4n) is 0.978. The van der Waals surface area contributed by atoms with Crippen LogP contribution in [0.4, 0.5) is 0 Å². The van der Waals surface area contributed by atoms with Crippen LogP contribution in [0.5, 0.6) is 0 Å². The van der Waals surface area contributed by atoms with E-state index in [1.807, 2.05) is 6.92 Å². The van der Waals surface area contributed by atoms with Crippen molar-refractivity contribution in [3.63, 3.8) is 0 Å². The molecule has 0 aliphatic heterocycles. The summed E-state index contributed by atoms with van der Waals surface area (Å²) in [5.74, 6) is 0. The molecule has 0 atom stereocenters.